The summed E-state index contributed by atoms with van der Waals surface area (Å²) in [6.45, 7) is 6.95. The van der Waals surface area contributed by atoms with Gasteiger partial charge in [0.25, 0.3) is 0 Å². The molecule has 0 bridgehead atoms. The zero-order valence-electron chi connectivity index (χ0n) is 11.5. The van der Waals surface area contributed by atoms with Crippen molar-refractivity contribution in [2.45, 2.75) is 29.6 Å². The third-order valence-corrected chi connectivity index (χ3v) is 4.14. The summed E-state index contributed by atoms with van der Waals surface area (Å²) in [7, 11) is 0. The summed E-state index contributed by atoms with van der Waals surface area (Å²) in [5.41, 5.74) is 2.72. The van der Waals surface area contributed by atoms with E-state index in [4.69, 9.17) is 0 Å². The van der Waals surface area contributed by atoms with E-state index in [0.29, 0.717) is 12.2 Å². The fourth-order valence-electron chi connectivity index (χ4n) is 2.46. The van der Waals surface area contributed by atoms with Gasteiger partial charge in [-0.15, -0.1) is 25.3 Å². The fraction of sp³-hybridized carbons (Fsp3) is 0.312. The molecule has 1 aliphatic rings. The molecule has 1 aromatic carbocycles. The van der Waals surface area contributed by atoms with Crippen LogP contribution < -0.4 is 0 Å². The van der Waals surface area contributed by atoms with Crippen LogP contribution in [-0.2, 0) is 0 Å². The molecular formula is C16H19NOS2. The number of aliphatic hydroxyl groups is 1. The lowest BCUT2D eigenvalue weighted by atomic mass is 9.93. The summed E-state index contributed by atoms with van der Waals surface area (Å²) in [5.74, 6) is 0.621. The normalized spacial score (nSPS) is 19.4. The molecule has 0 aromatic heterocycles. The van der Waals surface area contributed by atoms with Crippen LogP contribution in [0.15, 0.2) is 50.9 Å². The topological polar surface area (TPSA) is 32.6 Å². The van der Waals surface area contributed by atoms with Crippen LogP contribution in [0.2, 0.25) is 0 Å². The maximum absolute atomic E-state index is 10.3. The zero-order chi connectivity index (χ0) is 14.7. The van der Waals surface area contributed by atoms with Crippen LogP contribution in [0, 0.1) is 5.92 Å². The molecule has 0 fully saturated rings. The Bertz CT molecular complexity index is 590. The highest BCUT2D eigenvalue weighted by molar-refractivity contribution is 7.81. The van der Waals surface area contributed by atoms with E-state index < -0.39 is 0 Å². The van der Waals surface area contributed by atoms with Crippen molar-refractivity contribution in [2.75, 3.05) is 6.54 Å². The standard InChI is InChI=1S/C16H19NOS2/c1-3-17-7-6-11-8-14(18)16(10(11)2)13-5-4-12(19)9-15(13)20/h4-5,7,9,11,18-20H,2-3,6,8H2,1H3. The van der Waals surface area contributed by atoms with E-state index in [0.717, 1.165) is 39.5 Å². The van der Waals surface area contributed by atoms with Crippen molar-refractivity contribution in [2.24, 2.45) is 10.9 Å². The van der Waals surface area contributed by atoms with Gasteiger partial charge in [0.05, 0.1) is 0 Å². The quantitative estimate of drug-likeness (QED) is 0.552. The fourth-order valence-corrected chi connectivity index (χ4v) is 3.10. The summed E-state index contributed by atoms with van der Waals surface area (Å²) in [5, 5.41) is 10.3. The maximum Gasteiger partial charge on any atom is 0.101 e. The van der Waals surface area contributed by atoms with Crippen LogP contribution >= 0.6 is 25.3 Å². The van der Waals surface area contributed by atoms with Crippen molar-refractivity contribution < 1.29 is 5.11 Å². The van der Waals surface area contributed by atoms with Gasteiger partial charge >= 0.3 is 0 Å². The van der Waals surface area contributed by atoms with Gasteiger partial charge in [0.15, 0.2) is 0 Å². The van der Waals surface area contributed by atoms with Crippen molar-refractivity contribution >= 4 is 37.0 Å². The minimum Gasteiger partial charge on any atom is -0.512 e. The van der Waals surface area contributed by atoms with E-state index in [1.54, 1.807) is 0 Å². The van der Waals surface area contributed by atoms with Gasteiger partial charge in [-0.3, -0.25) is 4.99 Å². The van der Waals surface area contributed by atoms with Crippen molar-refractivity contribution in [3.8, 4) is 0 Å². The van der Waals surface area contributed by atoms with E-state index in [1.807, 2.05) is 31.3 Å². The molecule has 1 aromatic rings. The molecule has 20 heavy (non-hydrogen) atoms. The molecule has 1 atom stereocenters. The minimum atomic E-state index is 0.226. The lowest BCUT2D eigenvalue weighted by Gasteiger charge is -2.12. The van der Waals surface area contributed by atoms with Gasteiger partial charge in [-0.1, -0.05) is 12.6 Å². The first-order valence-corrected chi connectivity index (χ1v) is 7.56. The molecule has 0 spiro atoms. The first-order chi connectivity index (χ1) is 9.54. The predicted octanol–water partition coefficient (Wildman–Crippen LogP) is 4.59. The highest BCUT2D eigenvalue weighted by Crippen LogP contribution is 2.43. The third-order valence-electron chi connectivity index (χ3n) is 3.49. The average Bonchev–Trinajstić information content (AvgIpc) is 2.66. The summed E-state index contributed by atoms with van der Waals surface area (Å²) in [6.07, 6.45) is 3.36. The summed E-state index contributed by atoms with van der Waals surface area (Å²) >= 11 is 8.77. The lowest BCUT2D eigenvalue weighted by molar-refractivity contribution is 0.384. The van der Waals surface area contributed by atoms with E-state index in [9.17, 15) is 5.11 Å². The molecule has 0 saturated heterocycles. The van der Waals surface area contributed by atoms with Crippen molar-refractivity contribution in [1.29, 1.82) is 0 Å². The molecule has 0 amide bonds. The summed E-state index contributed by atoms with van der Waals surface area (Å²) in [6, 6.07) is 5.71. The molecule has 2 rings (SSSR count). The van der Waals surface area contributed by atoms with Gasteiger partial charge in [-0.05, 0) is 48.7 Å². The Hall–Kier alpha value is -1.13. The number of thiol groups is 2. The van der Waals surface area contributed by atoms with E-state index >= 15 is 0 Å². The number of hydrogen-bond acceptors (Lipinski definition) is 4. The van der Waals surface area contributed by atoms with Crippen LogP contribution in [-0.4, -0.2) is 17.9 Å². The highest BCUT2D eigenvalue weighted by Gasteiger charge is 2.29. The number of rotatable bonds is 4. The minimum absolute atomic E-state index is 0.226. The molecule has 0 radical (unpaired) electrons. The van der Waals surface area contributed by atoms with Crippen LogP contribution in [0.3, 0.4) is 0 Å². The van der Waals surface area contributed by atoms with Gasteiger partial charge in [0, 0.05) is 28.3 Å². The SMILES string of the molecule is C=C1C(c2ccc(S)cc2S)=C(O)CC1CC=NCC. The van der Waals surface area contributed by atoms with Gasteiger partial charge in [-0.2, -0.15) is 0 Å². The molecule has 0 heterocycles. The molecule has 4 heteroatoms. The van der Waals surface area contributed by atoms with Crippen LogP contribution in [0.25, 0.3) is 5.57 Å². The Morgan fingerprint density at radius 2 is 2.20 bits per heavy atom. The first-order valence-electron chi connectivity index (χ1n) is 6.66. The Balaban J connectivity index is 2.26. The monoisotopic (exact) mass is 305 g/mol. The van der Waals surface area contributed by atoms with Crippen LogP contribution in [0.4, 0.5) is 0 Å². The summed E-state index contributed by atoms with van der Waals surface area (Å²) < 4.78 is 0. The van der Waals surface area contributed by atoms with Crippen LogP contribution in [0.5, 0.6) is 0 Å². The molecule has 2 nitrogen and oxygen atoms in total. The van der Waals surface area contributed by atoms with Crippen LogP contribution in [0.1, 0.15) is 25.3 Å². The Labute approximate surface area is 131 Å². The molecule has 106 valence electrons. The number of hydrogen-bond donors (Lipinski definition) is 3. The number of benzene rings is 1. The molecule has 1 aliphatic carbocycles. The predicted molar refractivity (Wildman–Crippen MR) is 91.4 cm³/mol. The maximum atomic E-state index is 10.3. The number of nitrogens with zero attached hydrogens (tertiary/aromatic N) is 1. The van der Waals surface area contributed by atoms with E-state index in [-0.39, 0.29) is 5.92 Å². The second kappa shape index (κ2) is 6.55. The van der Waals surface area contributed by atoms with Crippen molar-refractivity contribution in [1.82, 2.24) is 0 Å². The zero-order valence-corrected chi connectivity index (χ0v) is 13.3. The second-order valence-electron chi connectivity index (χ2n) is 4.87. The highest BCUT2D eigenvalue weighted by atomic mass is 32.1. The third kappa shape index (κ3) is 3.13. The van der Waals surface area contributed by atoms with Gasteiger partial charge < -0.3 is 5.11 Å². The Morgan fingerprint density at radius 3 is 2.85 bits per heavy atom. The Kier molecular flexibility index (Phi) is 5.00. The Morgan fingerprint density at radius 1 is 1.45 bits per heavy atom. The second-order valence-corrected chi connectivity index (χ2v) is 5.86. The van der Waals surface area contributed by atoms with Gasteiger partial charge in [0.1, 0.15) is 5.76 Å². The largest absolute Gasteiger partial charge is 0.512 e. The van der Waals surface area contributed by atoms with Crippen molar-refractivity contribution in [3.63, 3.8) is 0 Å². The number of aliphatic imine (C=N–C) groups is 1. The van der Waals surface area contributed by atoms with E-state index in [1.165, 1.54) is 0 Å². The summed E-state index contributed by atoms with van der Waals surface area (Å²) in [4.78, 5) is 5.89. The molecule has 0 aliphatic heterocycles. The van der Waals surface area contributed by atoms with Gasteiger partial charge in [-0.25, -0.2) is 0 Å². The van der Waals surface area contributed by atoms with Gasteiger partial charge in [0.2, 0.25) is 0 Å². The average molecular weight is 305 g/mol. The molecule has 0 saturated carbocycles. The molecular weight excluding hydrogens is 286 g/mol. The molecule has 1 N–H and O–H groups in total. The first kappa shape index (κ1) is 15.3. The number of allylic oxidation sites excluding steroid dienone is 3. The van der Waals surface area contributed by atoms with Crippen molar-refractivity contribution in [3.05, 3.63) is 41.7 Å². The smallest absolute Gasteiger partial charge is 0.101 e. The number of aliphatic hydroxyl groups excluding tert-OH is 1. The molecule has 1 unspecified atom stereocenters. The van der Waals surface area contributed by atoms with E-state index in [2.05, 4.69) is 36.8 Å². The lowest BCUT2D eigenvalue weighted by Crippen LogP contribution is -2.00.